The molecule has 5 nitrogen and oxygen atoms in total. The molecule has 0 bridgehead atoms. The fourth-order valence-electron chi connectivity index (χ4n) is 2.59. The summed E-state index contributed by atoms with van der Waals surface area (Å²) in [4.78, 5) is 25.3. The molecular formula is C18H25NO4. The standard InChI is InChI=1S/C18H25NO4/c1-14(20)15-6-8-16(9-7-15)22-11-4-5-17(21)19-10-12-23-18(2,3)13-19/h6-9H,4-5,10-13H2,1-3H3. The van der Waals surface area contributed by atoms with E-state index in [0.717, 1.165) is 5.75 Å². The van der Waals surface area contributed by atoms with Crippen LogP contribution in [-0.4, -0.2) is 48.5 Å². The molecule has 1 aliphatic heterocycles. The maximum Gasteiger partial charge on any atom is 0.222 e. The molecule has 1 heterocycles. The third-order valence-electron chi connectivity index (χ3n) is 3.84. The van der Waals surface area contributed by atoms with E-state index in [1.807, 2.05) is 18.7 Å². The van der Waals surface area contributed by atoms with Gasteiger partial charge in [-0.1, -0.05) is 0 Å². The molecule has 1 aliphatic rings. The maximum absolute atomic E-state index is 12.2. The number of carbonyl (C=O) groups is 2. The number of ketones is 1. The molecule has 0 spiro atoms. The van der Waals surface area contributed by atoms with Crippen LogP contribution in [0.5, 0.6) is 5.75 Å². The van der Waals surface area contributed by atoms with Crippen molar-refractivity contribution in [2.24, 2.45) is 0 Å². The van der Waals surface area contributed by atoms with Gasteiger partial charge in [0.1, 0.15) is 5.75 Å². The van der Waals surface area contributed by atoms with Crippen molar-refractivity contribution < 1.29 is 19.1 Å². The number of nitrogens with zero attached hydrogens (tertiary/aromatic N) is 1. The van der Waals surface area contributed by atoms with Gasteiger partial charge < -0.3 is 14.4 Å². The van der Waals surface area contributed by atoms with E-state index >= 15 is 0 Å². The first kappa shape index (κ1) is 17.5. The Morgan fingerprint density at radius 2 is 1.96 bits per heavy atom. The van der Waals surface area contributed by atoms with Crippen LogP contribution in [0.2, 0.25) is 0 Å². The van der Waals surface area contributed by atoms with Crippen LogP contribution >= 0.6 is 0 Å². The molecule has 1 saturated heterocycles. The van der Waals surface area contributed by atoms with Crippen molar-refractivity contribution in [1.82, 2.24) is 4.90 Å². The van der Waals surface area contributed by atoms with Crippen molar-refractivity contribution in [3.05, 3.63) is 29.8 Å². The fraction of sp³-hybridized carbons (Fsp3) is 0.556. The van der Waals surface area contributed by atoms with Crippen LogP contribution in [0.3, 0.4) is 0 Å². The molecule has 0 atom stereocenters. The lowest BCUT2D eigenvalue weighted by molar-refractivity contribution is -0.146. The molecule has 0 aromatic heterocycles. The largest absolute Gasteiger partial charge is 0.494 e. The first-order valence-corrected chi connectivity index (χ1v) is 8.03. The van der Waals surface area contributed by atoms with E-state index in [1.54, 1.807) is 24.3 Å². The monoisotopic (exact) mass is 319 g/mol. The first-order valence-electron chi connectivity index (χ1n) is 8.03. The van der Waals surface area contributed by atoms with E-state index in [9.17, 15) is 9.59 Å². The van der Waals surface area contributed by atoms with Gasteiger partial charge in [-0.3, -0.25) is 9.59 Å². The van der Waals surface area contributed by atoms with E-state index < -0.39 is 0 Å². The van der Waals surface area contributed by atoms with Gasteiger partial charge in [0.15, 0.2) is 5.78 Å². The summed E-state index contributed by atoms with van der Waals surface area (Å²) in [5.41, 5.74) is 0.408. The second-order valence-electron chi connectivity index (χ2n) is 6.46. The van der Waals surface area contributed by atoms with Crippen LogP contribution in [0.15, 0.2) is 24.3 Å². The Balaban J connectivity index is 1.70. The molecule has 1 fully saturated rings. The van der Waals surface area contributed by atoms with Crippen molar-refractivity contribution in [1.29, 1.82) is 0 Å². The fourth-order valence-corrected chi connectivity index (χ4v) is 2.59. The zero-order valence-corrected chi connectivity index (χ0v) is 14.1. The SMILES string of the molecule is CC(=O)c1ccc(OCCCC(=O)N2CCOC(C)(C)C2)cc1. The van der Waals surface area contributed by atoms with E-state index in [2.05, 4.69) is 0 Å². The highest BCUT2D eigenvalue weighted by atomic mass is 16.5. The lowest BCUT2D eigenvalue weighted by Crippen LogP contribution is -2.50. The molecule has 0 saturated carbocycles. The Kier molecular flexibility index (Phi) is 5.77. The molecule has 0 aliphatic carbocycles. The summed E-state index contributed by atoms with van der Waals surface area (Å²) in [6, 6.07) is 7.06. The molecule has 5 heteroatoms. The molecule has 1 aromatic carbocycles. The molecule has 126 valence electrons. The van der Waals surface area contributed by atoms with E-state index in [0.29, 0.717) is 44.7 Å². The zero-order chi connectivity index (χ0) is 16.9. The van der Waals surface area contributed by atoms with Crippen molar-refractivity contribution in [3.8, 4) is 5.75 Å². The number of hydrogen-bond acceptors (Lipinski definition) is 4. The normalized spacial score (nSPS) is 16.9. The highest BCUT2D eigenvalue weighted by Gasteiger charge is 2.29. The van der Waals surface area contributed by atoms with Crippen LogP contribution in [0.1, 0.15) is 44.0 Å². The number of Topliss-reactive ketones (excluding diaryl/α,β-unsaturated/α-hetero) is 1. The van der Waals surface area contributed by atoms with Crippen molar-refractivity contribution in [3.63, 3.8) is 0 Å². The Labute approximate surface area is 137 Å². The number of benzene rings is 1. The van der Waals surface area contributed by atoms with Gasteiger partial charge in [-0.2, -0.15) is 0 Å². The number of rotatable bonds is 6. The molecule has 0 N–H and O–H groups in total. The van der Waals surface area contributed by atoms with Crippen LogP contribution in [0, 0.1) is 0 Å². The van der Waals surface area contributed by atoms with E-state index in [1.165, 1.54) is 6.92 Å². The Morgan fingerprint density at radius 1 is 1.26 bits per heavy atom. The number of amides is 1. The first-order chi connectivity index (χ1) is 10.9. The minimum Gasteiger partial charge on any atom is -0.494 e. The van der Waals surface area contributed by atoms with Crippen molar-refractivity contribution in [2.75, 3.05) is 26.3 Å². The molecule has 0 radical (unpaired) electrons. The summed E-state index contributed by atoms with van der Waals surface area (Å²) in [7, 11) is 0. The van der Waals surface area contributed by atoms with Crippen LogP contribution in [0.25, 0.3) is 0 Å². The lowest BCUT2D eigenvalue weighted by Gasteiger charge is -2.38. The average Bonchev–Trinajstić information content (AvgIpc) is 2.50. The minimum absolute atomic E-state index is 0.0376. The Hall–Kier alpha value is -1.88. The quantitative estimate of drug-likeness (QED) is 0.597. The van der Waals surface area contributed by atoms with Gasteiger partial charge in [-0.05, 0) is 51.5 Å². The third kappa shape index (κ3) is 5.36. The van der Waals surface area contributed by atoms with Crippen LogP contribution in [0.4, 0.5) is 0 Å². The van der Waals surface area contributed by atoms with Crippen molar-refractivity contribution >= 4 is 11.7 Å². The molecule has 1 aromatic rings. The number of morpholine rings is 1. The zero-order valence-electron chi connectivity index (χ0n) is 14.1. The summed E-state index contributed by atoms with van der Waals surface area (Å²) in [5, 5.41) is 0. The summed E-state index contributed by atoms with van der Waals surface area (Å²) in [6.45, 7) is 7.92. The predicted octanol–water partition coefficient (Wildman–Crippen LogP) is 2.69. The van der Waals surface area contributed by atoms with Gasteiger partial charge in [0, 0.05) is 25.1 Å². The molecular weight excluding hydrogens is 294 g/mol. The molecule has 23 heavy (non-hydrogen) atoms. The molecule has 2 rings (SSSR count). The van der Waals surface area contributed by atoms with E-state index in [-0.39, 0.29) is 17.3 Å². The van der Waals surface area contributed by atoms with E-state index in [4.69, 9.17) is 9.47 Å². The number of hydrogen-bond donors (Lipinski definition) is 0. The summed E-state index contributed by atoms with van der Waals surface area (Å²) >= 11 is 0. The average molecular weight is 319 g/mol. The molecule has 0 unspecified atom stereocenters. The summed E-state index contributed by atoms with van der Waals surface area (Å²) in [5.74, 6) is 0.905. The highest BCUT2D eigenvalue weighted by Crippen LogP contribution is 2.18. The third-order valence-corrected chi connectivity index (χ3v) is 3.84. The van der Waals surface area contributed by atoms with Crippen LogP contribution in [-0.2, 0) is 9.53 Å². The van der Waals surface area contributed by atoms with Crippen molar-refractivity contribution in [2.45, 2.75) is 39.2 Å². The summed E-state index contributed by atoms with van der Waals surface area (Å²) < 4.78 is 11.2. The van der Waals surface area contributed by atoms with Gasteiger partial charge >= 0.3 is 0 Å². The Morgan fingerprint density at radius 3 is 2.57 bits per heavy atom. The molecule has 1 amide bonds. The smallest absolute Gasteiger partial charge is 0.222 e. The Bertz CT molecular complexity index is 551. The number of ether oxygens (including phenoxy) is 2. The van der Waals surface area contributed by atoms with Crippen LogP contribution < -0.4 is 4.74 Å². The van der Waals surface area contributed by atoms with Gasteiger partial charge in [0.25, 0.3) is 0 Å². The maximum atomic E-state index is 12.2. The van der Waals surface area contributed by atoms with Gasteiger partial charge in [0.05, 0.1) is 18.8 Å². The highest BCUT2D eigenvalue weighted by molar-refractivity contribution is 5.94. The number of carbonyl (C=O) groups excluding carboxylic acids is 2. The summed E-state index contributed by atoms with van der Waals surface area (Å²) in [6.07, 6.45) is 1.15. The lowest BCUT2D eigenvalue weighted by atomic mass is 10.1. The van der Waals surface area contributed by atoms with Gasteiger partial charge in [-0.25, -0.2) is 0 Å². The minimum atomic E-state index is -0.261. The predicted molar refractivity (Wildman–Crippen MR) is 87.8 cm³/mol. The van der Waals surface area contributed by atoms with Gasteiger partial charge in [0.2, 0.25) is 5.91 Å². The van der Waals surface area contributed by atoms with Gasteiger partial charge in [-0.15, -0.1) is 0 Å². The second-order valence-corrected chi connectivity index (χ2v) is 6.46. The second kappa shape index (κ2) is 7.59. The topological polar surface area (TPSA) is 55.8 Å².